The lowest BCUT2D eigenvalue weighted by Gasteiger charge is -2.11. The predicted octanol–water partition coefficient (Wildman–Crippen LogP) is 4.48. The molecule has 0 saturated heterocycles. The standard InChI is InChI=1S/C18H21ClN2/c1-12-9-17(18(19)10-13(2)21-11-20-12)16-7-5-15(6-8-16)14-3-4-14/h5-14H,3-4H2,1-2H3,(H,20,21)/b17-9-,18-10+. The maximum Gasteiger partial charge on any atom is 0.0835 e. The van der Waals surface area contributed by atoms with Gasteiger partial charge in [-0.1, -0.05) is 41.9 Å². The van der Waals surface area contributed by atoms with Gasteiger partial charge >= 0.3 is 0 Å². The topological polar surface area (TPSA) is 24.4 Å². The lowest BCUT2D eigenvalue weighted by Crippen LogP contribution is -2.22. The molecule has 1 aromatic carbocycles. The monoisotopic (exact) mass is 300 g/mol. The van der Waals surface area contributed by atoms with Crippen LogP contribution in [0.2, 0.25) is 0 Å². The number of nitrogens with one attached hydrogen (secondary N) is 1. The quantitative estimate of drug-likeness (QED) is 0.855. The molecule has 3 heteroatoms. The van der Waals surface area contributed by atoms with E-state index in [4.69, 9.17) is 11.6 Å². The summed E-state index contributed by atoms with van der Waals surface area (Å²) < 4.78 is 0. The Bertz CT molecular complexity index is 594. The van der Waals surface area contributed by atoms with E-state index in [1.54, 1.807) is 6.34 Å². The SMILES string of the molecule is CC1/C=C(c2ccc(C3CC3)cc2)\C(Cl)=C/C(C)NC=N1. The van der Waals surface area contributed by atoms with E-state index in [2.05, 4.69) is 54.5 Å². The predicted molar refractivity (Wildman–Crippen MR) is 90.9 cm³/mol. The molecule has 110 valence electrons. The van der Waals surface area contributed by atoms with Gasteiger partial charge in [-0.3, -0.25) is 4.99 Å². The van der Waals surface area contributed by atoms with Crippen LogP contribution < -0.4 is 5.32 Å². The van der Waals surface area contributed by atoms with Gasteiger partial charge in [0, 0.05) is 11.1 Å². The maximum absolute atomic E-state index is 6.54. The van der Waals surface area contributed by atoms with Crippen molar-refractivity contribution in [3.05, 3.63) is 52.6 Å². The van der Waals surface area contributed by atoms with E-state index in [1.165, 1.54) is 18.4 Å². The second-order valence-electron chi connectivity index (χ2n) is 5.97. The summed E-state index contributed by atoms with van der Waals surface area (Å²) >= 11 is 6.54. The summed E-state index contributed by atoms with van der Waals surface area (Å²) in [4.78, 5) is 4.46. The Hall–Kier alpha value is -1.54. The second kappa shape index (κ2) is 6.07. The van der Waals surface area contributed by atoms with E-state index in [9.17, 15) is 0 Å². The highest BCUT2D eigenvalue weighted by Gasteiger charge is 2.23. The lowest BCUT2D eigenvalue weighted by atomic mass is 9.99. The van der Waals surface area contributed by atoms with Crippen LogP contribution in [-0.2, 0) is 0 Å². The fourth-order valence-electron chi connectivity index (χ4n) is 2.59. The Morgan fingerprint density at radius 3 is 2.48 bits per heavy atom. The lowest BCUT2D eigenvalue weighted by molar-refractivity contribution is 0.807. The van der Waals surface area contributed by atoms with E-state index in [1.807, 2.05) is 6.08 Å². The van der Waals surface area contributed by atoms with E-state index >= 15 is 0 Å². The first kappa shape index (κ1) is 14.4. The van der Waals surface area contributed by atoms with Crippen LogP contribution in [0.25, 0.3) is 5.57 Å². The molecule has 1 fully saturated rings. The molecule has 21 heavy (non-hydrogen) atoms. The molecule has 1 N–H and O–H groups in total. The first-order valence-corrected chi connectivity index (χ1v) is 7.99. The number of halogens is 1. The van der Waals surface area contributed by atoms with Crippen LogP contribution in [0.1, 0.15) is 43.7 Å². The largest absolute Gasteiger partial charge is 0.370 e. The molecule has 1 aromatic rings. The Balaban J connectivity index is 1.95. The highest BCUT2D eigenvalue weighted by molar-refractivity contribution is 6.37. The zero-order valence-electron chi connectivity index (χ0n) is 12.5. The molecule has 1 heterocycles. The van der Waals surface area contributed by atoms with Gasteiger partial charge in [0.1, 0.15) is 0 Å². The molecule has 1 aliphatic heterocycles. The number of nitrogens with zero attached hydrogens (tertiary/aromatic N) is 1. The molecule has 0 radical (unpaired) electrons. The molecule has 0 aromatic heterocycles. The molecule has 2 aliphatic rings. The van der Waals surface area contributed by atoms with Crippen LogP contribution in [0, 0.1) is 0 Å². The highest BCUT2D eigenvalue weighted by atomic mass is 35.5. The number of aliphatic imine (C=N–C) groups is 1. The van der Waals surface area contributed by atoms with Gasteiger partial charge in [-0.25, -0.2) is 0 Å². The number of benzene rings is 1. The van der Waals surface area contributed by atoms with Gasteiger partial charge in [-0.2, -0.15) is 0 Å². The zero-order valence-corrected chi connectivity index (χ0v) is 13.3. The van der Waals surface area contributed by atoms with Gasteiger partial charge in [0.2, 0.25) is 0 Å². The molecule has 1 aliphatic carbocycles. The Morgan fingerprint density at radius 1 is 1.10 bits per heavy atom. The summed E-state index contributed by atoms with van der Waals surface area (Å²) in [5, 5.41) is 3.99. The van der Waals surface area contributed by atoms with Crippen LogP contribution in [0.5, 0.6) is 0 Å². The number of hydrogen-bond donors (Lipinski definition) is 1. The first-order valence-electron chi connectivity index (χ1n) is 7.61. The van der Waals surface area contributed by atoms with Crippen molar-refractivity contribution >= 4 is 23.5 Å². The molecule has 3 rings (SSSR count). The van der Waals surface area contributed by atoms with Crippen LogP contribution in [0.15, 0.2) is 46.4 Å². The van der Waals surface area contributed by atoms with E-state index in [-0.39, 0.29) is 12.1 Å². The molecular weight excluding hydrogens is 280 g/mol. The normalized spacial score (nSPS) is 31.0. The molecule has 2 nitrogen and oxygen atoms in total. The van der Waals surface area contributed by atoms with Crippen molar-refractivity contribution in [2.75, 3.05) is 0 Å². The van der Waals surface area contributed by atoms with Gasteiger partial charge in [0.25, 0.3) is 0 Å². The van der Waals surface area contributed by atoms with Crippen molar-refractivity contribution in [2.24, 2.45) is 4.99 Å². The fourth-order valence-corrected chi connectivity index (χ4v) is 2.95. The summed E-state index contributed by atoms with van der Waals surface area (Å²) in [5.74, 6) is 0.785. The number of allylic oxidation sites excluding steroid dienone is 2. The van der Waals surface area contributed by atoms with Crippen molar-refractivity contribution in [3.63, 3.8) is 0 Å². The van der Waals surface area contributed by atoms with Crippen LogP contribution >= 0.6 is 11.6 Å². The molecule has 0 spiro atoms. The summed E-state index contributed by atoms with van der Waals surface area (Å²) in [6.45, 7) is 4.13. The summed E-state index contributed by atoms with van der Waals surface area (Å²) in [6, 6.07) is 9.11. The van der Waals surface area contributed by atoms with Crippen molar-refractivity contribution < 1.29 is 0 Å². The fraction of sp³-hybridized carbons (Fsp3) is 0.389. The van der Waals surface area contributed by atoms with E-state index < -0.39 is 0 Å². The van der Waals surface area contributed by atoms with Crippen molar-refractivity contribution in [1.29, 1.82) is 0 Å². The van der Waals surface area contributed by atoms with Crippen molar-refractivity contribution in [2.45, 2.75) is 44.7 Å². The number of hydrogen-bond acceptors (Lipinski definition) is 2. The highest BCUT2D eigenvalue weighted by Crippen LogP contribution is 2.40. The Kier molecular flexibility index (Phi) is 4.16. The average Bonchev–Trinajstić information content (AvgIpc) is 3.28. The minimum atomic E-state index is 0.100. The van der Waals surface area contributed by atoms with Gasteiger partial charge in [-0.15, -0.1) is 0 Å². The molecule has 2 atom stereocenters. The first-order chi connectivity index (χ1) is 10.1. The maximum atomic E-state index is 6.54. The number of rotatable bonds is 2. The minimum absolute atomic E-state index is 0.100. The Morgan fingerprint density at radius 2 is 1.81 bits per heavy atom. The van der Waals surface area contributed by atoms with Gasteiger partial charge in [-0.05, 0) is 55.4 Å². The molecule has 1 saturated carbocycles. The van der Waals surface area contributed by atoms with Crippen molar-refractivity contribution in [1.82, 2.24) is 5.32 Å². The van der Waals surface area contributed by atoms with Gasteiger partial charge in [0.05, 0.1) is 12.4 Å². The third-order valence-electron chi connectivity index (χ3n) is 3.98. The summed E-state index contributed by atoms with van der Waals surface area (Å²) in [6.07, 6.45) is 8.59. The summed E-state index contributed by atoms with van der Waals surface area (Å²) in [5.41, 5.74) is 3.68. The molecule has 2 unspecified atom stereocenters. The van der Waals surface area contributed by atoms with E-state index in [0.717, 1.165) is 22.1 Å². The smallest absolute Gasteiger partial charge is 0.0835 e. The molecular formula is C18H21ClN2. The van der Waals surface area contributed by atoms with Gasteiger partial charge < -0.3 is 5.32 Å². The molecule has 0 bridgehead atoms. The Labute approximate surface area is 131 Å². The average molecular weight is 301 g/mol. The van der Waals surface area contributed by atoms with E-state index in [0.29, 0.717) is 0 Å². The van der Waals surface area contributed by atoms with Crippen LogP contribution in [0.4, 0.5) is 0 Å². The second-order valence-corrected chi connectivity index (χ2v) is 6.37. The van der Waals surface area contributed by atoms with Crippen molar-refractivity contribution in [3.8, 4) is 0 Å². The third kappa shape index (κ3) is 3.56. The summed E-state index contributed by atoms with van der Waals surface area (Å²) in [7, 11) is 0. The van der Waals surface area contributed by atoms with Crippen LogP contribution in [-0.4, -0.2) is 18.4 Å². The molecule has 0 amide bonds. The zero-order chi connectivity index (χ0) is 14.8. The third-order valence-corrected chi connectivity index (χ3v) is 4.31. The van der Waals surface area contributed by atoms with Gasteiger partial charge in [0.15, 0.2) is 0 Å². The minimum Gasteiger partial charge on any atom is -0.370 e. The van der Waals surface area contributed by atoms with Crippen LogP contribution in [0.3, 0.4) is 0 Å².